The van der Waals surface area contributed by atoms with Gasteiger partial charge >= 0.3 is 11.9 Å². The van der Waals surface area contributed by atoms with Gasteiger partial charge in [-0.2, -0.15) is 5.16 Å². The van der Waals surface area contributed by atoms with Crippen LogP contribution in [0.3, 0.4) is 0 Å². The van der Waals surface area contributed by atoms with Crippen LogP contribution < -0.4 is 11.0 Å². The summed E-state index contributed by atoms with van der Waals surface area (Å²) in [6.45, 7) is 1.69. The van der Waals surface area contributed by atoms with Gasteiger partial charge in [0.25, 0.3) is 5.56 Å². The van der Waals surface area contributed by atoms with Gasteiger partial charge in [-0.3, -0.25) is 15.0 Å². The van der Waals surface area contributed by atoms with Crippen molar-refractivity contribution in [3.05, 3.63) is 80.8 Å². The minimum Gasteiger partial charge on any atom is -0.479 e. The third kappa shape index (κ3) is 5.82. The van der Waals surface area contributed by atoms with E-state index in [2.05, 4.69) is 5.43 Å². The molecule has 162 valence electrons. The number of aliphatic carboxylic acids is 1. The SMILES string of the molecule is Cc1ccc(Cl)cc1-c1ccc(CN(CC(O)C(=O)O)NC(=O)c2cc(=O)[nH]o2)cc1. The molecule has 2 aromatic carbocycles. The summed E-state index contributed by atoms with van der Waals surface area (Å²) in [5.74, 6) is -2.46. The minimum atomic E-state index is -1.73. The van der Waals surface area contributed by atoms with Gasteiger partial charge in [-0.25, -0.2) is 9.80 Å². The quantitative estimate of drug-likeness (QED) is 0.390. The van der Waals surface area contributed by atoms with Gasteiger partial charge in [0.2, 0.25) is 5.76 Å². The van der Waals surface area contributed by atoms with E-state index in [-0.39, 0.29) is 18.8 Å². The van der Waals surface area contributed by atoms with Gasteiger partial charge in [0, 0.05) is 11.6 Å². The molecule has 3 aromatic rings. The van der Waals surface area contributed by atoms with E-state index >= 15 is 0 Å². The molecule has 0 saturated heterocycles. The molecule has 9 nitrogen and oxygen atoms in total. The number of carbonyl (C=O) groups excluding carboxylic acids is 1. The first kappa shape index (κ1) is 22.3. The molecule has 1 atom stereocenters. The predicted molar refractivity (Wildman–Crippen MR) is 112 cm³/mol. The Kier molecular flexibility index (Phi) is 6.91. The second-order valence-corrected chi connectivity index (χ2v) is 7.35. The normalized spacial score (nSPS) is 12.0. The smallest absolute Gasteiger partial charge is 0.333 e. The van der Waals surface area contributed by atoms with Gasteiger partial charge in [-0.15, -0.1) is 0 Å². The molecular formula is C21H20ClN3O6. The Morgan fingerprint density at radius 2 is 1.90 bits per heavy atom. The van der Waals surface area contributed by atoms with Crippen molar-refractivity contribution in [2.45, 2.75) is 19.6 Å². The maximum absolute atomic E-state index is 12.3. The fourth-order valence-electron chi connectivity index (χ4n) is 2.95. The van der Waals surface area contributed by atoms with Crippen molar-refractivity contribution in [3.63, 3.8) is 0 Å². The number of aromatic amines is 1. The number of amides is 1. The molecule has 4 N–H and O–H groups in total. The lowest BCUT2D eigenvalue weighted by molar-refractivity contribution is -0.148. The monoisotopic (exact) mass is 445 g/mol. The Morgan fingerprint density at radius 1 is 1.19 bits per heavy atom. The molecule has 1 heterocycles. The van der Waals surface area contributed by atoms with Crippen molar-refractivity contribution in [2.75, 3.05) is 6.54 Å². The zero-order valence-corrected chi connectivity index (χ0v) is 17.2. The lowest BCUT2D eigenvalue weighted by Gasteiger charge is -2.24. The molecular weight excluding hydrogens is 426 g/mol. The van der Waals surface area contributed by atoms with Crippen molar-refractivity contribution < 1.29 is 24.3 Å². The van der Waals surface area contributed by atoms with E-state index in [4.69, 9.17) is 21.2 Å². The molecule has 0 aliphatic heterocycles. The van der Waals surface area contributed by atoms with E-state index in [0.717, 1.165) is 28.3 Å². The van der Waals surface area contributed by atoms with Crippen molar-refractivity contribution in [1.82, 2.24) is 15.6 Å². The van der Waals surface area contributed by atoms with Gasteiger partial charge in [-0.05, 0) is 41.3 Å². The summed E-state index contributed by atoms with van der Waals surface area (Å²) >= 11 is 6.09. The van der Waals surface area contributed by atoms with Crippen LogP contribution in [0.5, 0.6) is 0 Å². The fraction of sp³-hybridized carbons (Fsp3) is 0.190. The van der Waals surface area contributed by atoms with E-state index in [0.29, 0.717) is 5.02 Å². The number of hydrogen-bond acceptors (Lipinski definition) is 6. The van der Waals surface area contributed by atoms with Crippen LogP contribution in [0.4, 0.5) is 0 Å². The fourth-order valence-corrected chi connectivity index (χ4v) is 3.12. The molecule has 0 fully saturated rings. The molecule has 1 unspecified atom stereocenters. The molecule has 0 aliphatic carbocycles. The summed E-state index contributed by atoms with van der Waals surface area (Å²) < 4.78 is 4.75. The average molecular weight is 446 g/mol. The number of carboxylic acids is 1. The predicted octanol–water partition coefficient (Wildman–Crippen LogP) is 2.19. The molecule has 1 amide bonds. The number of aliphatic hydroxyl groups is 1. The van der Waals surface area contributed by atoms with Crippen LogP contribution in [0, 0.1) is 6.92 Å². The number of halogens is 1. The molecule has 1 aromatic heterocycles. The Balaban J connectivity index is 1.78. The Bertz CT molecular complexity index is 1140. The molecule has 0 spiro atoms. The number of hydrogen-bond donors (Lipinski definition) is 4. The molecule has 3 rings (SSSR count). The molecule has 0 aliphatic rings. The number of aryl methyl sites for hydroxylation is 1. The molecule has 0 radical (unpaired) electrons. The number of rotatable bonds is 8. The maximum atomic E-state index is 12.3. The number of hydrazine groups is 1. The van der Waals surface area contributed by atoms with Gasteiger partial charge in [0.15, 0.2) is 6.10 Å². The largest absolute Gasteiger partial charge is 0.479 e. The minimum absolute atomic E-state index is 0.0968. The third-order valence-corrected chi connectivity index (χ3v) is 4.76. The van der Waals surface area contributed by atoms with Crippen molar-refractivity contribution in [3.8, 4) is 11.1 Å². The highest BCUT2D eigenvalue weighted by Crippen LogP contribution is 2.27. The van der Waals surface area contributed by atoms with Crippen LogP contribution in [-0.4, -0.2) is 44.9 Å². The number of carbonyl (C=O) groups is 2. The first-order valence-electron chi connectivity index (χ1n) is 9.23. The zero-order valence-electron chi connectivity index (χ0n) is 16.5. The number of aliphatic hydroxyl groups excluding tert-OH is 1. The van der Waals surface area contributed by atoms with Crippen molar-refractivity contribution in [2.24, 2.45) is 0 Å². The number of H-pyrrole nitrogens is 1. The van der Waals surface area contributed by atoms with Crippen molar-refractivity contribution >= 4 is 23.5 Å². The van der Waals surface area contributed by atoms with Gasteiger partial charge in [-0.1, -0.05) is 41.9 Å². The highest BCUT2D eigenvalue weighted by Gasteiger charge is 2.22. The summed E-state index contributed by atoms with van der Waals surface area (Å²) in [4.78, 5) is 34.5. The van der Waals surface area contributed by atoms with Crippen LogP contribution >= 0.6 is 11.6 Å². The first-order valence-corrected chi connectivity index (χ1v) is 9.61. The summed E-state index contributed by atoms with van der Waals surface area (Å²) in [6.07, 6.45) is -1.73. The van der Waals surface area contributed by atoms with E-state index < -0.39 is 23.5 Å². The van der Waals surface area contributed by atoms with E-state index in [9.17, 15) is 19.5 Å². The van der Waals surface area contributed by atoms with Crippen molar-refractivity contribution in [1.29, 1.82) is 0 Å². The summed E-state index contributed by atoms with van der Waals surface area (Å²) in [7, 11) is 0. The molecule has 31 heavy (non-hydrogen) atoms. The number of nitrogens with one attached hydrogen (secondary N) is 2. The van der Waals surface area contributed by atoms with E-state index in [1.54, 1.807) is 0 Å². The van der Waals surface area contributed by atoms with Crippen LogP contribution in [0.2, 0.25) is 5.02 Å². The second kappa shape index (κ2) is 9.61. The van der Waals surface area contributed by atoms with Crippen LogP contribution in [0.1, 0.15) is 21.7 Å². The summed E-state index contributed by atoms with van der Waals surface area (Å²) in [5.41, 5.74) is 5.59. The van der Waals surface area contributed by atoms with Crippen LogP contribution in [0.15, 0.2) is 57.8 Å². The number of aromatic nitrogens is 1. The Morgan fingerprint density at radius 3 is 2.52 bits per heavy atom. The maximum Gasteiger partial charge on any atom is 0.333 e. The summed E-state index contributed by atoms with van der Waals surface area (Å²) in [5, 5.41) is 22.6. The molecule has 10 heteroatoms. The van der Waals surface area contributed by atoms with Gasteiger partial charge < -0.3 is 14.7 Å². The topological polar surface area (TPSA) is 136 Å². The zero-order chi connectivity index (χ0) is 22.5. The number of benzene rings is 2. The van der Waals surface area contributed by atoms with E-state index in [1.807, 2.05) is 54.5 Å². The van der Waals surface area contributed by atoms with Crippen LogP contribution in [0.25, 0.3) is 11.1 Å². The number of carboxylic acid groups (broad SMARTS) is 1. The lowest BCUT2D eigenvalue weighted by atomic mass is 9.99. The summed E-state index contributed by atoms with van der Waals surface area (Å²) in [6, 6.07) is 14.0. The number of nitrogens with zero attached hydrogens (tertiary/aromatic N) is 1. The average Bonchev–Trinajstić information content (AvgIpc) is 3.17. The third-order valence-electron chi connectivity index (χ3n) is 4.52. The highest BCUT2D eigenvalue weighted by molar-refractivity contribution is 6.30. The second-order valence-electron chi connectivity index (χ2n) is 6.91. The van der Waals surface area contributed by atoms with Crippen LogP contribution in [-0.2, 0) is 11.3 Å². The molecule has 0 bridgehead atoms. The lowest BCUT2D eigenvalue weighted by Crippen LogP contribution is -2.47. The first-order chi connectivity index (χ1) is 14.7. The van der Waals surface area contributed by atoms with E-state index in [1.165, 1.54) is 5.01 Å². The highest BCUT2D eigenvalue weighted by atomic mass is 35.5. The van der Waals surface area contributed by atoms with Gasteiger partial charge in [0.1, 0.15) is 0 Å². The van der Waals surface area contributed by atoms with Gasteiger partial charge in [0.05, 0.1) is 12.6 Å². The standard InChI is InChI=1S/C21H20ClN3O6/c1-12-2-7-15(22)8-16(12)14-5-3-13(4-6-14)10-25(11-17(26)21(29)30)23-20(28)18-9-19(27)24-31-18/h2-9,17,26H,10-11H2,1H3,(H,23,28)(H,24,27)(H,29,30). The molecule has 0 saturated carbocycles. The Hall–Kier alpha value is -3.40. The Labute approximate surface area is 181 Å².